The van der Waals surface area contributed by atoms with Gasteiger partial charge in [-0.2, -0.15) is 5.06 Å². The summed E-state index contributed by atoms with van der Waals surface area (Å²) in [6, 6.07) is 24.5. The summed E-state index contributed by atoms with van der Waals surface area (Å²) in [5.41, 5.74) is 2.44. The molecule has 0 aromatic heterocycles. The Labute approximate surface area is 164 Å². The molecule has 3 aromatic carbocycles. The summed E-state index contributed by atoms with van der Waals surface area (Å²) in [6.45, 7) is 0. The van der Waals surface area contributed by atoms with Crippen LogP contribution in [0.5, 0.6) is 0 Å². The van der Waals surface area contributed by atoms with E-state index in [1.54, 1.807) is 22.1 Å². The van der Waals surface area contributed by atoms with E-state index in [-0.39, 0.29) is 0 Å². The molecule has 4 rings (SSSR count). The van der Waals surface area contributed by atoms with Gasteiger partial charge in [0.2, 0.25) is 0 Å². The van der Waals surface area contributed by atoms with Gasteiger partial charge in [-0.25, -0.2) is 9.69 Å². The highest BCUT2D eigenvalue weighted by molar-refractivity contribution is 9.10. The molecule has 3 aromatic rings. The predicted octanol–water partition coefficient (Wildman–Crippen LogP) is 6.18. The Morgan fingerprint density at radius 1 is 0.846 bits per heavy atom. The van der Waals surface area contributed by atoms with Crippen LogP contribution in [-0.2, 0) is 4.84 Å². The van der Waals surface area contributed by atoms with Crippen LogP contribution in [0.2, 0.25) is 5.02 Å². The average molecular weight is 430 g/mol. The molecule has 0 bridgehead atoms. The molecular formula is C20H14BrClN2O2. The fourth-order valence-electron chi connectivity index (χ4n) is 2.92. The van der Waals surface area contributed by atoms with Crippen molar-refractivity contribution in [3.05, 3.63) is 93.9 Å². The van der Waals surface area contributed by atoms with Gasteiger partial charge in [0.1, 0.15) is 0 Å². The first-order valence-corrected chi connectivity index (χ1v) is 9.17. The van der Waals surface area contributed by atoms with E-state index in [0.717, 1.165) is 15.7 Å². The molecule has 0 N–H and O–H groups in total. The number of nitrogens with zero attached hydrogens (tertiary/aromatic N) is 2. The van der Waals surface area contributed by atoms with Crippen molar-refractivity contribution in [3.8, 4) is 0 Å². The van der Waals surface area contributed by atoms with Gasteiger partial charge in [0, 0.05) is 15.2 Å². The number of hydrogen-bond donors (Lipinski definition) is 0. The van der Waals surface area contributed by atoms with Gasteiger partial charge in [0.25, 0.3) is 0 Å². The van der Waals surface area contributed by atoms with E-state index in [0.29, 0.717) is 10.7 Å². The standard InChI is InChI=1S/C20H14BrClN2O2/c21-15-8-6-14(7-9-15)19-23(17-12-10-16(22)11-13-17)20(25)26-24(19)18-4-2-1-3-5-18/h1-13,19H. The number of para-hydroxylation sites is 1. The number of carbonyl (C=O) groups is 1. The lowest BCUT2D eigenvalue weighted by Gasteiger charge is -2.27. The molecular weight excluding hydrogens is 416 g/mol. The third-order valence-electron chi connectivity index (χ3n) is 4.12. The highest BCUT2D eigenvalue weighted by atomic mass is 79.9. The van der Waals surface area contributed by atoms with E-state index in [1.807, 2.05) is 66.7 Å². The van der Waals surface area contributed by atoms with E-state index in [9.17, 15) is 4.79 Å². The molecule has 26 heavy (non-hydrogen) atoms. The summed E-state index contributed by atoms with van der Waals surface area (Å²) in [4.78, 5) is 19.9. The van der Waals surface area contributed by atoms with Crippen LogP contribution in [0.25, 0.3) is 0 Å². The summed E-state index contributed by atoms with van der Waals surface area (Å²) in [7, 11) is 0. The maximum Gasteiger partial charge on any atom is 0.440 e. The molecule has 6 heteroatoms. The topological polar surface area (TPSA) is 32.8 Å². The van der Waals surface area contributed by atoms with Gasteiger partial charge in [0.05, 0.1) is 5.69 Å². The van der Waals surface area contributed by atoms with Crippen LogP contribution >= 0.6 is 27.5 Å². The molecule has 0 aliphatic carbocycles. The maximum absolute atomic E-state index is 12.7. The van der Waals surface area contributed by atoms with Gasteiger partial charge in [0.15, 0.2) is 6.17 Å². The van der Waals surface area contributed by atoms with Gasteiger partial charge < -0.3 is 4.84 Å². The molecule has 1 aliphatic heterocycles. The molecule has 130 valence electrons. The molecule has 0 spiro atoms. The second-order valence-electron chi connectivity index (χ2n) is 5.79. The maximum atomic E-state index is 12.7. The number of carbonyl (C=O) groups excluding carboxylic acids is 1. The van der Waals surface area contributed by atoms with Crippen molar-refractivity contribution in [3.63, 3.8) is 0 Å². The minimum Gasteiger partial charge on any atom is -0.319 e. The van der Waals surface area contributed by atoms with Crippen molar-refractivity contribution < 1.29 is 9.63 Å². The number of hydrogen-bond acceptors (Lipinski definition) is 3. The molecule has 0 radical (unpaired) electrons. The number of anilines is 2. The summed E-state index contributed by atoms with van der Waals surface area (Å²) in [5, 5.41) is 2.24. The average Bonchev–Trinajstić information content (AvgIpc) is 3.01. The number of rotatable bonds is 3. The van der Waals surface area contributed by atoms with Crippen LogP contribution in [0.3, 0.4) is 0 Å². The molecule has 1 aliphatic rings. The third-order valence-corrected chi connectivity index (χ3v) is 4.90. The zero-order chi connectivity index (χ0) is 18.1. The first-order chi connectivity index (χ1) is 12.6. The molecule has 1 atom stereocenters. The Bertz CT molecular complexity index is 917. The SMILES string of the molecule is O=C1ON(c2ccccc2)C(c2ccc(Br)cc2)N1c1ccc(Cl)cc1. The Morgan fingerprint density at radius 3 is 2.15 bits per heavy atom. The molecule has 1 fully saturated rings. The summed E-state index contributed by atoms with van der Waals surface area (Å²) < 4.78 is 0.968. The molecule has 4 nitrogen and oxygen atoms in total. The highest BCUT2D eigenvalue weighted by Gasteiger charge is 2.42. The van der Waals surface area contributed by atoms with E-state index < -0.39 is 12.3 Å². The normalized spacial score (nSPS) is 16.7. The van der Waals surface area contributed by atoms with E-state index >= 15 is 0 Å². The van der Waals surface area contributed by atoms with Gasteiger partial charge in [-0.05, 0) is 54.1 Å². The first-order valence-electron chi connectivity index (χ1n) is 8.00. The fraction of sp³-hybridized carbons (Fsp3) is 0.0500. The molecule has 1 saturated heterocycles. The minimum atomic E-state index is -0.441. The van der Waals surface area contributed by atoms with Gasteiger partial charge in [-0.3, -0.25) is 0 Å². The van der Waals surface area contributed by atoms with Crippen LogP contribution in [-0.4, -0.2) is 6.09 Å². The van der Waals surface area contributed by atoms with E-state index in [4.69, 9.17) is 16.4 Å². The Balaban J connectivity index is 1.82. The van der Waals surface area contributed by atoms with Crippen LogP contribution < -0.4 is 9.96 Å². The Kier molecular flexibility index (Phi) is 4.57. The van der Waals surface area contributed by atoms with Gasteiger partial charge >= 0.3 is 6.09 Å². The zero-order valence-electron chi connectivity index (χ0n) is 13.5. The number of hydroxylamine groups is 1. The summed E-state index contributed by atoms with van der Waals surface area (Å²) >= 11 is 9.45. The van der Waals surface area contributed by atoms with E-state index in [2.05, 4.69) is 15.9 Å². The minimum absolute atomic E-state index is 0.431. The Morgan fingerprint density at radius 2 is 1.50 bits per heavy atom. The Hall–Kier alpha value is -2.50. The second-order valence-corrected chi connectivity index (χ2v) is 7.14. The third kappa shape index (κ3) is 3.16. The quantitative estimate of drug-likeness (QED) is 0.498. The van der Waals surface area contributed by atoms with Gasteiger partial charge in [-0.15, -0.1) is 0 Å². The van der Waals surface area contributed by atoms with Crippen molar-refractivity contribution >= 4 is 45.0 Å². The largest absolute Gasteiger partial charge is 0.440 e. The predicted molar refractivity (Wildman–Crippen MR) is 106 cm³/mol. The summed E-state index contributed by atoms with van der Waals surface area (Å²) in [6.07, 6.45) is -0.872. The van der Waals surface area contributed by atoms with Gasteiger partial charge in [-0.1, -0.05) is 57.9 Å². The zero-order valence-corrected chi connectivity index (χ0v) is 15.9. The number of benzene rings is 3. The lowest BCUT2D eigenvalue weighted by Crippen LogP contribution is -2.31. The lowest BCUT2D eigenvalue weighted by atomic mass is 10.1. The van der Waals surface area contributed by atoms with Crippen LogP contribution in [0, 0.1) is 0 Å². The van der Waals surface area contributed by atoms with Crippen molar-refractivity contribution in [2.45, 2.75) is 6.17 Å². The fourth-order valence-corrected chi connectivity index (χ4v) is 3.31. The molecule has 0 saturated carbocycles. The highest BCUT2D eigenvalue weighted by Crippen LogP contribution is 2.40. The van der Waals surface area contributed by atoms with Crippen molar-refractivity contribution in [2.75, 3.05) is 9.96 Å². The van der Waals surface area contributed by atoms with E-state index in [1.165, 1.54) is 0 Å². The monoisotopic (exact) mass is 428 g/mol. The van der Waals surface area contributed by atoms with Crippen molar-refractivity contribution in [2.24, 2.45) is 0 Å². The number of amides is 1. The molecule has 1 amide bonds. The van der Waals surface area contributed by atoms with Crippen molar-refractivity contribution in [1.82, 2.24) is 0 Å². The van der Waals surface area contributed by atoms with Crippen LogP contribution in [0.1, 0.15) is 11.7 Å². The van der Waals surface area contributed by atoms with Crippen molar-refractivity contribution in [1.29, 1.82) is 0 Å². The number of halogens is 2. The smallest absolute Gasteiger partial charge is 0.319 e. The molecule has 1 unspecified atom stereocenters. The first kappa shape index (κ1) is 16.9. The lowest BCUT2D eigenvalue weighted by molar-refractivity contribution is 0.164. The van der Waals surface area contributed by atoms with Crippen LogP contribution in [0.4, 0.5) is 16.2 Å². The molecule has 1 heterocycles. The summed E-state index contributed by atoms with van der Waals surface area (Å²) in [5.74, 6) is 0. The van der Waals surface area contributed by atoms with Crippen LogP contribution in [0.15, 0.2) is 83.3 Å². The second kappa shape index (κ2) is 7.02.